The first-order valence-corrected chi connectivity index (χ1v) is 6.39. The molecule has 2 fully saturated rings. The molecule has 0 bridgehead atoms. The maximum absolute atomic E-state index is 5.60. The van der Waals surface area contributed by atoms with Crippen LogP contribution in [0.5, 0.6) is 0 Å². The predicted octanol–water partition coefficient (Wildman–Crippen LogP) is 0.609. The molecule has 0 radical (unpaired) electrons. The summed E-state index contributed by atoms with van der Waals surface area (Å²) in [5.74, 6) is 1.86. The van der Waals surface area contributed by atoms with E-state index in [0.717, 1.165) is 18.4 Å². The van der Waals surface area contributed by atoms with E-state index in [1.54, 1.807) is 0 Å². The van der Waals surface area contributed by atoms with Crippen molar-refractivity contribution in [3.05, 3.63) is 0 Å². The molecule has 0 saturated carbocycles. The van der Waals surface area contributed by atoms with Crippen LogP contribution in [0.1, 0.15) is 19.3 Å². The summed E-state index contributed by atoms with van der Waals surface area (Å²) in [7, 11) is 2.21. The Kier molecular flexibility index (Phi) is 4.00. The third kappa shape index (κ3) is 3.16. The molecule has 2 aliphatic heterocycles. The summed E-state index contributed by atoms with van der Waals surface area (Å²) >= 11 is 0. The molecule has 2 rings (SSSR count). The highest BCUT2D eigenvalue weighted by Crippen LogP contribution is 2.22. The van der Waals surface area contributed by atoms with Crippen LogP contribution >= 0.6 is 0 Å². The van der Waals surface area contributed by atoms with Crippen molar-refractivity contribution in [1.29, 1.82) is 0 Å². The maximum Gasteiger partial charge on any atom is 0.00342 e. The first kappa shape index (κ1) is 11.4. The molecular formula is C12H25N3. The molecule has 0 spiro atoms. The van der Waals surface area contributed by atoms with E-state index in [0.29, 0.717) is 0 Å². The lowest BCUT2D eigenvalue weighted by molar-refractivity contribution is 0.0735. The van der Waals surface area contributed by atoms with Gasteiger partial charge >= 0.3 is 0 Å². The fourth-order valence-electron chi connectivity index (χ4n) is 3.00. The first-order valence-electron chi connectivity index (χ1n) is 6.39. The van der Waals surface area contributed by atoms with Gasteiger partial charge in [-0.2, -0.15) is 0 Å². The molecule has 2 saturated heterocycles. The van der Waals surface area contributed by atoms with Gasteiger partial charge in [-0.25, -0.2) is 0 Å². The van der Waals surface area contributed by atoms with Crippen LogP contribution in [0.4, 0.5) is 0 Å². The molecule has 3 heteroatoms. The molecule has 2 aliphatic rings. The highest BCUT2D eigenvalue weighted by Gasteiger charge is 2.27. The maximum atomic E-state index is 5.60. The van der Waals surface area contributed by atoms with Crippen LogP contribution in [0, 0.1) is 11.8 Å². The molecular weight excluding hydrogens is 186 g/mol. The summed E-state index contributed by atoms with van der Waals surface area (Å²) in [6.45, 7) is 7.44. The van der Waals surface area contributed by atoms with E-state index in [2.05, 4.69) is 16.8 Å². The molecule has 0 amide bonds. The van der Waals surface area contributed by atoms with Crippen LogP contribution in [-0.2, 0) is 0 Å². The molecule has 3 nitrogen and oxygen atoms in total. The van der Waals surface area contributed by atoms with E-state index < -0.39 is 0 Å². The van der Waals surface area contributed by atoms with Crippen LogP contribution in [0.15, 0.2) is 0 Å². The van der Waals surface area contributed by atoms with Gasteiger partial charge in [-0.15, -0.1) is 0 Å². The van der Waals surface area contributed by atoms with E-state index in [1.165, 1.54) is 52.0 Å². The Hall–Kier alpha value is -0.120. The average Bonchev–Trinajstić information content (AvgIpc) is 2.19. The van der Waals surface area contributed by atoms with Crippen molar-refractivity contribution in [3.8, 4) is 0 Å². The van der Waals surface area contributed by atoms with Crippen molar-refractivity contribution in [1.82, 2.24) is 9.80 Å². The standard InChI is InChI=1S/C12H25N3/c1-14-8-12(9-14)10-15-6-3-11(2-5-13)4-7-15/h11-12H,2-10,13H2,1H3. The highest BCUT2D eigenvalue weighted by molar-refractivity contribution is 4.82. The fourth-order valence-corrected chi connectivity index (χ4v) is 3.00. The van der Waals surface area contributed by atoms with Crippen molar-refractivity contribution in [3.63, 3.8) is 0 Å². The van der Waals surface area contributed by atoms with Gasteiger partial charge in [0.2, 0.25) is 0 Å². The molecule has 0 atom stereocenters. The monoisotopic (exact) mass is 211 g/mol. The number of nitrogens with two attached hydrogens (primary N) is 1. The Balaban J connectivity index is 1.61. The van der Waals surface area contributed by atoms with Crippen molar-refractivity contribution >= 4 is 0 Å². The summed E-state index contributed by atoms with van der Waals surface area (Å²) in [5.41, 5.74) is 5.60. The molecule has 2 N–H and O–H groups in total. The molecule has 0 aromatic heterocycles. The molecule has 0 aliphatic carbocycles. The highest BCUT2D eigenvalue weighted by atomic mass is 15.2. The molecule has 15 heavy (non-hydrogen) atoms. The minimum absolute atomic E-state index is 0.873. The molecule has 88 valence electrons. The van der Waals surface area contributed by atoms with Gasteiger partial charge in [-0.1, -0.05) is 0 Å². The number of likely N-dealkylation sites (tertiary alicyclic amines) is 2. The van der Waals surface area contributed by atoms with E-state index in [9.17, 15) is 0 Å². The van der Waals surface area contributed by atoms with Gasteiger partial charge in [-0.3, -0.25) is 0 Å². The zero-order valence-corrected chi connectivity index (χ0v) is 9.99. The van der Waals surface area contributed by atoms with Gasteiger partial charge in [0.15, 0.2) is 0 Å². The lowest BCUT2D eigenvalue weighted by atomic mass is 9.92. The molecule has 2 heterocycles. The largest absolute Gasteiger partial charge is 0.330 e. The van der Waals surface area contributed by atoms with Crippen LogP contribution in [0.25, 0.3) is 0 Å². The summed E-state index contributed by atoms with van der Waals surface area (Å²) in [6, 6.07) is 0. The number of rotatable bonds is 4. The minimum Gasteiger partial charge on any atom is -0.330 e. The van der Waals surface area contributed by atoms with Gasteiger partial charge in [0, 0.05) is 19.6 Å². The minimum atomic E-state index is 0.873. The Morgan fingerprint density at radius 2 is 1.80 bits per heavy atom. The smallest absolute Gasteiger partial charge is 0.00342 e. The number of nitrogens with zero attached hydrogens (tertiary/aromatic N) is 2. The summed E-state index contributed by atoms with van der Waals surface area (Å²) in [5, 5.41) is 0. The van der Waals surface area contributed by atoms with E-state index in [-0.39, 0.29) is 0 Å². The number of piperidine rings is 1. The van der Waals surface area contributed by atoms with Crippen molar-refractivity contribution in [2.45, 2.75) is 19.3 Å². The average molecular weight is 211 g/mol. The second-order valence-electron chi connectivity index (χ2n) is 5.41. The van der Waals surface area contributed by atoms with Crippen molar-refractivity contribution in [2.75, 3.05) is 46.3 Å². The van der Waals surface area contributed by atoms with Gasteiger partial charge < -0.3 is 15.5 Å². The van der Waals surface area contributed by atoms with Crippen molar-refractivity contribution in [2.24, 2.45) is 17.6 Å². The zero-order valence-electron chi connectivity index (χ0n) is 9.99. The first-order chi connectivity index (χ1) is 7.28. The van der Waals surface area contributed by atoms with Gasteiger partial charge in [0.25, 0.3) is 0 Å². The summed E-state index contributed by atoms with van der Waals surface area (Å²) in [4.78, 5) is 5.07. The van der Waals surface area contributed by atoms with Crippen LogP contribution in [0.2, 0.25) is 0 Å². The Bertz CT molecular complexity index is 181. The zero-order chi connectivity index (χ0) is 10.7. The van der Waals surface area contributed by atoms with E-state index in [1.807, 2.05) is 0 Å². The lowest BCUT2D eigenvalue weighted by Crippen LogP contribution is -2.50. The van der Waals surface area contributed by atoms with Gasteiger partial charge in [-0.05, 0) is 57.8 Å². The second-order valence-corrected chi connectivity index (χ2v) is 5.41. The third-order valence-electron chi connectivity index (χ3n) is 3.94. The van der Waals surface area contributed by atoms with E-state index in [4.69, 9.17) is 5.73 Å². The predicted molar refractivity (Wildman–Crippen MR) is 63.8 cm³/mol. The Morgan fingerprint density at radius 3 is 2.33 bits per heavy atom. The quantitative estimate of drug-likeness (QED) is 0.739. The molecule has 0 aromatic carbocycles. The number of hydrogen-bond donors (Lipinski definition) is 1. The lowest BCUT2D eigenvalue weighted by Gasteiger charge is -2.41. The van der Waals surface area contributed by atoms with Crippen LogP contribution in [-0.4, -0.2) is 56.1 Å². The van der Waals surface area contributed by atoms with E-state index >= 15 is 0 Å². The SMILES string of the molecule is CN1CC(CN2CCC(CCN)CC2)C1. The second kappa shape index (κ2) is 5.28. The van der Waals surface area contributed by atoms with Gasteiger partial charge in [0.1, 0.15) is 0 Å². The normalized spacial score (nSPS) is 26.8. The van der Waals surface area contributed by atoms with Crippen LogP contribution in [0.3, 0.4) is 0 Å². The topological polar surface area (TPSA) is 32.5 Å². The Labute approximate surface area is 93.6 Å². The Morgan fingerprint density at radius 1 is 1.13 bits per heavy atom. The number of hydrogen-bond acceptors (Lipinski definition) is 3. The van der Waals surface area contributed by atoms with Gasteiger partial charge in [0.05, 0.1) is 0 Å². The fraction of sp³-hybridized carbons (Fsp3) is 1.00. The summed E-state index contributed by atoms with van der Waals surface area (Å²) in [6.07, 6.45) is 3.99. The van der Waals surface area contributed by atoms with Crippen molar-refractivity contribution < 1.29 is 0 Å². The summed E-state index contributed by atoms with van der Waals surface area (Å²) < 4.78 is 0. The van der Waals surface area contributed by atoms with Crippen LogP contribution < -0.4 is 5.73 Å². The molecule has 0 aromatic rings. The molecule has 0 unspecified atom stereocenters. The third-order valence-corrected chi connectivity index (χ3v) is 3.94.